The normalized spacial score (nSPS) is 15.9. The number of pyridine rings is 1. The molecular formula is C11H13F3N2O. The zero-order valence-electron chi connectivity index (χ0n) is 9.13. The fourth-order valence-corrected chi connectivity index (χ4v) is 1.31. The molecule has 0 radical (unpaired) electrons. The molecule has 17 heavy (non-hydrogen) atoms. The van der Waals surface area contributed by atoms with Gasteiger partial charge in [-0.15, -0.1) is 0 Å². The first kappa shape index (κ1) is 12.2. The molecular weight excluding hydrogens is 233 g/mol. The first-order valence-corrected chi connectivity index (χ1v) is 5.41. The summed E-state index contributed by atoms with van der Waals surface area (Å²) in [6.07, 6.45) is -0.407. The predicted molar refractivity (Wildman–Crippen MR) is 55.6 cm³/mol. The number of alkyl halides is 3. The van der Waals surface area contributed by atoms with E-state index in [4.69, 9.17) is 0 Å². The van der Waals surface area contributed by atoms with Crippen LogP contribution in [0, 0.1) is 0 Å². The minimum absolute atomic E-state index is 0.00232. The van der Waals surface area contributed by atoms with Gasteiger partial charge < -0.3 is 10.1 Å². The molecule has 0 bridgehead atoms. The van der Waals surface area contributed by atoms with Crippen molar-refractivity contribution in [1.82, 2.24) is 10.3 Å². The van der Waals surface area contributed by atoms with E-state index < -0.39 is 12.8 Å². The second-order valence-electron chi connectivity index (χ2n) is 4.06. The van der Waals surface area contributed by atoms with Gasteiger partial charge in [0.2, 0.25) is 5.88 Å². The Morgan fingerprint density at radius 2 is 2.12 bits per heavy atom. The van der Waals surface area contributed by atoms with Gasteiger partial charge in [-0.2, -0.15) is 13.2 Å². The molecule has 0 spiro atoms. The fraction of sp³-hybridized carbons (Fsp3) is 0.545. The van der Waals surface area contributed by atoms with E-state index in [0.29, 0.717) is 12.6 Å². The maximum Gasteiger partial charge on any atom is 0.422 e. The van der Waals surface area contributed by atoms with E-state index in [9.17, 15) is 13.2 Å². The van der Waals surface area contributed by atoms with E-state index in [1.807, 2.05) is 0 Å². The molecule has 0 atom stereocenters. The van der Waals surface area contributed by atoms with Crippen LogP contribution in [0.3, 0.4) is 0 Å². The number of halogens is 3. The molecule has 1 heterocycles. The Kier molecular flexibility index (Phi) is 3.51. The maximum absolute atomic E-state index is 11.9. The van der Waals surface area contributed by atoms with E-state index in [0.717, 1.165) is 5.56 Å². The van der Waals surface area contributed by atoms with Crippen molar-refractivity contribution >= 4 is 0 Å². The van der Waals surface area contributed by atoms with Gasteiger partial charge in [-0.25, -0.2) is 4.98 Å². The van der Waals surface area contributed by atoms with Gasteiger partial charge in [0.15, 0.2) is 6.61 Å². The first-order valence-electron chi connectivity index (χ1n) is 5.41. The van der Waals surface area contributed by atoms with Gasteiger partial charge in [0, 0.05) is 24.8 Å². The standard InChI is InChI=1S/C11H13F3N2O/c12-11(13,14)7-17-10-4-1-8(6-16-10)5-15-9-2-3-9/h1,4,6,9,15H,2-3,5,7H2. The summed E-state index contributed by atoms with van der Waals surface area (Å²) in [5.74, 6) is -0.00232. The summed E-state index contributed by atoms with van der Waals surface area (Å²) in [5, 5.41) is 3.29. The zero-order valence-corrected chi connectivity index (χ0v) is 9.13. The number of nitrogens with one attached hydrogen (secondary N) is 1. The van der Waals surface area contributed by atoms with E-state index in [1.54, 1.807) is 6.07 Å². The van der Waals surface area contributed by atoms with Gasteiger partial charge in [-0.05, 0) is 18.4 Å². The predicted octanol–water partition coefficient (Wildman–Crippen LogP) is 2.27. The number of hydrogen-bond acceptors (Lipinski definition) is 3. The molecule has 1 N–H and O–H groups in total. The summed E-state index contributed by atoms with van der Waals surface area (Å²) in [6, 6.07) is 3.76. The first-order chi connectivity index (χ1) is 8.03. The molecule has 1 aromatic rings. The highest BCUT2D eigenvalue weighted by molar-refractivity contribution is 5.18. The summed E-state index contributed by atoms with van der Waals surface area (Å²) >= 11 is 0. The summed E-state index contributed by atoms with van der Waals surface area (Å²) in [5.41, 5.74) is 0.941. The van der Waals surface area contributed by atoms with Crippen LogP contribution in [0.2, 0.25) is 0 Å². The van der Waals surface area contributed by atoms with Gasteiger partial charge in [0.05, 0.1) is 0 Å². The van der Waals surface area contributed by atoms with Gasteiger partial charge in [0.25, 0.3) is 0 Å². The lowest BCUT2D eigenvalue weighted by Gasteiger charge is -2.08. The number of hydrogen-bond donors (Lipinski definition) is 1. The average molecular weight is 246 g/mol. The zero-order chi connectivity index (χ0) is 12.3. The molecule has 1 aliphatic carbocycles. The Morgan fingerprint density at radius 3 is 2.65 bits per heavy atom. The number of ether oxygens (including phenoxy) is 1. The quantitative estimate of drug-likeness (QED) is 0.865. The Balaban J connectivity index is 1.79. The second-order valence-corrected chi connectivity index (χ2v) is 4.06. The summed E-state index contributed by atoms with van der Waals surface area (Å²) in [4.78, 5) is 3.82. The van der Waals surface area contributed by atoms with Crippen LogP contribution in [-0.4, -0.2) is 23.8 Å². The van der Waals surface area contributed by atoms with E-state index in [1.165, 1.54) is 25.1 Å². The third kappa shape index (κ3) is 4.60. The Hall–Kier alpha value is -1.30. The van der Waals surface area contributed by atoms with Crippen LogP contribution in [0.15, 0.2) is 18.3 Å². The molecule has 6 heteroatoms. The minimum Gasteiger partial charge on any atom is -0.468 e. The lowest BCUT2D eigenvalue weighted by Crippen LogP contribution is -2.19. The lowest BCUT2D eigenvalue weighted by molar-refractivity contribution is -0.154. The topological polar surface area (TPSA) is 34.1 Å². The van der Waals surface area contributed by atoms with Crippen molar-refractivity contribution < 1.29 is 17.9 Å². The highest BCUT2D eigenvalue weighted by atomic mass is 19.4. The molecule has 0 aromatic carbocycles. The highest BCUT2D eigenvalue weighted by Gasteiger charge is 2.28. The fourth-order valence-electron chi connectivity index (χ4n) is 1.31. The Bertz CT molecular complexity index is 360. The number of rotatable bonds is 5. The van der Waals surface area contributed by atoms with Gasteiger partial charge in [-0.3, -0.25) is 0 Å². The van der Waals surface area contributed by atoms with Crippen LogP contribution in [0.1, 0.15) is 18.4 Å². The molecule has 0 saturated heterocycles. The van der Waals surface area contributed by atoms with Crippen molar-refractivity contribution in [2.45, 2.75) is 31.6 Å². The highest BCUT2D eigenvalue weighted by Crippen LogP contribution is 2.20. The monoisotopic (exact) mass is 246 g/mol. The van der Waals surface area contributed by atoms with Crippen LogP contribution >= 0.6 is 0 Å². The molecule has 0 amide bonds. The second kappa shape index (κ2) is 4.91. The summed E-state index contributed by atoms with van der Waals surface area (Å²) in [7, 11) is 0. The molecule has 3 nitrogen and oxygen atoms in total. The Morgan fingerprint density at radius 1 is 1.35 bits per heavy atom. The van der Waals surface area contributed by atoms with Crippen LogP contribution in [0.4, 0.5) is 13.2 Å². The van der Waals surface area contributed by atoms with E-state index in [2.05, 4.69) is 15.0 Å². The summed E-state index contributed by atoms with van der Waals surface area (Å²) in [6.45, 7) is -0.614. The Labute approximate surface area is 97.0 Å². The molecule has 0 unspecified atom stereocenters. The average Bonchev–Trinajstić information content (AvgIpc) is 3.08. The maximum atomic E-state index is 11.9. The SMILES string of the molecule is FC(F)(F)COc1ccc(CNC2CC2)cn1. The van der Waals surface area contributed by atoms with Crippen molar-refractivity contribution in [3.63, 3.8) is 0 Å². The smallest absolute Gasteiger partial charge is 0.422 e. The molecule has 1 aliphatic rings. The van der Waals surface area contributed by atoms with Gasteiger partial charge in [-0.1, -0.05) is 6.07 Å². The molecule has 1 fully saturated rings. The molecule has 1 saturated carbocycles. The van der Waals surface area contributed by atoms with Crippen LogP contribution in [0.25, 0.3) is 0 Å². The molecule has 94 valence electrons. The van der Waals surface area contributed by atoms with Crippen molar-refractivity contribution in [3.8, 4) is 5.88 Å². The van der Waals surface area contributed by atoms with E-state index >= 15 is 0 Å². The molecule has 2 rings (SSSR count). The summed E-state index contributed by atoms with van der Waals surface area (Å²) < 4.78 is 40.1. The van der Waals surface area contributed by atoms with Crippen molar-refractivity contribution in [2.24, 2.45) is 0 Å². The van der Waals surface area contributed by atoms with Gasteiger partial charge in [0.1, 0.15) is 0 Å². The van der Waals surface area contributed by atoms with Gasteiger partial charge >= 0.3 is 6.18 Å². The van der Waals surface area contributed by atoms with Crippen molar-refractivity contribution in [2.75, 3.05) is 6.61 Å². The van der Waals surface area contributed by atoms with Crippen LogP contribution in [-0.2, 0) is 6.54 Å². The van der Waals surface area contributed by atoms with Crippen LogP contribution in [0.5, 0.6) is 5.88 Å². The number of nitrogens with zero attached hydrogens (tertiary/aromatic N) is 1. The largest absolute Gasteiger partial charge is 0.468 e. The van der Waals surface area contributed by atoms with Crippen LogP contribution < -0.4 is 10.1 Å². The number of aromatic nitrogens is 1. The molecule has 1 aromatic heterocycles. The third-order valence-corrected chi connectivity index (χ3v) is 2.35. The lowest BCUT2D eigenvalue weighted by atomic mass is 10.3. The van der Waals surface area contributed by atoms with Crippen molar-refractivity contribution in [3.05, 3.63) is 23.9 Å². The third-order valence-electron chi connectivity index (χ3n) is 2.35. The van der Waals surface area contributed by atoms with Crippen molar-refractivity contribution in [1.29, 1.82) is 0 Å². The van der Waals surface area contributed by atoms with E-state index in [-0.39, 0.29) is 5.88 Å². The molecule has 0 aliphatic heterocycles. The minimum atomic E-state index is -4.33.